The van der Waals surface area contributed by atoms with Gasteiger partial charge in [0.1, 0.15) is 18.3 Å². The number of nitrogens with zero attached hydrogens (tertiary/aromatic N) is 1. The number of hydrogen-bond donors (Lipinski definition) is 1. The third kappa shape index (κ3) is 2.75. The normalized spacial score (nSPS) is 23.1. The molecule has 0 radical (unpaired) electrons. The van der Waals surface area contributed by atoms with Gasteiger partial charge in [-0.1, -0.05) is 11.8 Å². The first-order valence-electron chi connectivity index (χ1n) is 8.56. The summed E-state index contributed by atoms with van der Waals surface area (Å²) >= 11 is 0. The lowest BCUT2D eigenvalue weighted by Crippen LogP contribution is -2.53. The maximum atomic E-state index is 12.3. The van der Waals surface area contributed by atoms with Crippen molar-refractivity contribution in [3.63, 3.8) is 0 Å². The number of ether oxygens (including phenoxy) is 2. The lowest BCUT2D eigenvalue weighted by atomic mass is 9.81. The summed E-state index contributed by atoms with van der Waals surface area (Å²) in [5.41, 5.74) is 4.68. The molecule has 0 aliphatic carbocycles. The lowest BCUT2D eigenvalue weighted by molar-refractivity contribution is -0.956. The van der Waals surface area contributed by atoms with Gasteiger partial charge in [0, 0.05) is 24.0 Å². The number of aromatic hydroxyl groups is 1. The average Bonchev–Trinajstić information content (AvgIpc) is 2.59. The Morgan fingerprint density at radius 2 is 1.73 bits per heavy atom. The van der Waals surface area contributed by atoms with Crippen molar-refractivity contribution in [3.8, 4) is 23.0 Å². The third-order valence-corrected chi connectivity index (χ3v) is 5.87. The number of phenolic OH excluding ortho intramolecular Hbond substituents is 1. The maximum absolute atomic E-state index is 12.3. The standard InChI is InChI=1S/C20H23NO4.ClH/c1-21-5-4-12-8-19(24-2)18(23)10-15(12)16(21)6-13-7-17(22)20(25-3)9-14(13)11-21;/h7-10,16H,4-6,11H2,1-3H3,(H-,22,23);1H/t16-,21?;/m0./s1. The number of halogens is 1. The minimum absolute atomic E-state index is 0. The van der Waals surface area contributed by atoms with E-state index in [2.05, 4.69) is 7.05 Å². The first kappa shape index (κ1) is 18.7. The minimum atomic E-state index is -0.0573. The van der Waals surface area contributed by atoms with Gasteiger partial charge in [0.05, 0.1) is 27.8 Å². The predicted octanol–water partition coefficient (Wildman–Crippen LogP) is 2.70. The molecule has 6 heteroatoms. The topological polar surface area (TPSA) is 61.8 Å². The van der Waals surface area contributed by atoms with Crippen LogP contribution in [-0.4, -0.2) is 37.4 Å². The van der Waals surface area contributed by atoms with Crippen molar-refractivity contribution in [1.82, 2.24) is 0 Å². The molecule has 0 spiro atoms. The molecular formula is C20H24ClNO4. The predicted molar refractivity (Wildman–Crippen MR) is 99.3 cm³/mol. The molecule has 2 aliphatic rings. The van der Waals surface area contributed by atoms with Crippen LogP contribution in [-0.2, 0) is 19.4 Å². The van der Waals surface area contributed by atoms with E-state index in [1.807, 2.05) is 18.2 Å². The first-order valence-corrected chi connectivity index (χ1v) is 8.56. The second-order valence-electron chi connectivity index (χ2n) is 7.33. The van der Waals surface area contributed by atoms with Crippen molar-refractivity contribution in [2.24, 2.45) is 0 Å². The summed E-state index contributed by atoms with van der Waals surface area (Å²) in [5, 5.41) is 22.4. The van der Waals surface area contributed by atoms with E-state index in [4.69, 9.17) is 9.47 Å². The van der Waals surface area contributed by atoms with Gasteiger partial charge in [-0.05, 0) is 29.3 Å². The third-order valence-electron chi connectivity index (χ3n) is 5.87. The Labute approximate surface area is 159 Å². The van der Waals surface area contributed by atoms with Crippen molar-refractivity contribution in [2.75, 3.05) is 27.8 Å². The van der Waals surface area contributed by atoms with E-state index in [9.17, 15) is 10.2 Å². The number of likely N-dealkylation sites (N-methyl/N-ethyl adjacent to an activating group) is 1. The fourth-order valence-corrected chi connectivity index (χ4v) is 4.44. The monoisotopic (exact) mass is 377 g/mol. The van der Waals surface area contributed by atoms with Crippen molar-refractivity contribution < 1.29 is 24.2 Å². The number of fused-ring (bicyclic) bond motifs is 4. The van der Waals surface area contributed by atoms with Crippen molar-refractivity contribution in [2.45, 2.75) is 25.4 Å². The van der Waals surface area contributed by atoms with Crippen molar-refractivity contribution in [3.05, 3.63) is 46.5 Å². The number of quaternary nitrogens is 1. The lowest BCUT2D eigenvalue weighted by Gasteiger charge is -2.49. The van der Waals surface area contributed by atoms with E-state index < -0.39 is 0 Å². The van der Waals surface area contributed by atoms with Crippen LogP contribution in [0.2, 0.25) is 0 Å². The number of phenols is 1. The molecule has 4 rings (SSSR count). The molecule has 0 saturated carbocycles. The van der Waals surface area contributed by atoms with Crippen LogP contribution in [0, 0.1) is 0 Å². The Hall–Kier alpha value is -2.11. The fourth-order valence-electron chi connectivity index (χ4n) is 4.44. The van der Waals surface area contributed by atoms with Crippen LogP contribution >= 0.6 is 12.4 Å². The Kier molecular flexibility index (Phi) is 4.71. The molecule has 26 heavy (non-hydrogen) atoms. The Morgan fingerprint density at radius 3 is 2.42 bits per heavy atom. The maximum Gasteiger partial charge on any atom is 0.160 e. The van der Waals surface area contributed by atoms with Gasteiger partial charge >= 0.3 is 0 Å². The molecule has 5 nitrogen and oxygen atoms in total. The van der Waals surface area contributed by atoms with Crippen molar-refractivity contribution in [1.29, 1.82) is 0 Å². The molecule has 2 aromatic carbocycles. The van der Waals surface area contributed by atoms with E-state index >= 15 is 0 Å². The molecule has 0 bridgehead atoms. The average molecular weight is 378 g/mol. The summed E-state index contributed by atoms with van der Waals surface area (Å²) in [6.45, 7) is 1.89. The van der Waals surface area contributed by atoms with E-state index in [0.717, 1.165) is 41.5 Å². The van der Waals surface area contributed by atoms with Crippen LogP contribution < -0.4 is 14.6 Å². The summed E-state index contributed by atoms with van der Waals surface area (Å²) in [6.07, 6.45) is 1.74. The van der Waals surface area contributed by atoms with E-state index in [0.29, 0.717) is 11.5 Å². The summed E-state index contributed by atoms with van der Waals surface area (Å²) < 4.78 is 11.3. The van der Waals surface area contributed by atoms with Crippen LogP contribution in [0.1, 0.15) is 28.3 Å². The molecule has 140 valence electrons. The molecular weight excluding hydrogens is 354 g/mol. The zero-order chi connectivity index (χ0) is 17.8. The number of hydrogen-bond acceptors (Lipinski definition) is 4. The zero-order valence-electron chi connectivity index (χ0n) is 15.2. The molecule has 2 aliphatic heterocycles. The molecule has 2 heterocycles. The van der Waals surface area contributed by atoms with Gasteiger partial charge in [-0.2, -0.15) is 0 Å². The summed E-state index contributed by atoms with van der Waals surface area (Å²) in [5.74, 6) is 1.06. The second kappa shape index (κ2) is 6.56. The highest BCUT2D eigenvalue weighted by Crippen LogP contribution is 2.46. The number of rotatable bonds is 2. The molecule has 0 saturated heterocycles. The largest absolute Gasteiger partial charge is 0.870 e. The molecule has 0 fully saturated rings. The highest BCUT2D eigenvalue weighted by atomic mass is 35.5. The van der Waals surface area contributed by atoms with Gasteiger partial charge in [-0.25, -0.2) is 0 Å². The SMILES string of the molecule is COc1cc2c(cc1[O-])[C@@H]1Cc3cc(O)c(OC)cc3C[N+]1(C)CC2.Cl. The summed E-state index contributed by atoms with van der Waals surface area (Å²) in [4.78, 5) is 0. The minimum Gasteiger partial charge on any atom is -0.870 e. The Balaban J connectivity index is 0.00000196. The van der Waals surface area contributed by atoms with Crippen LogP contribution in [0.25, 0.3) is 0 Å². The summed E-state index contributed by atoms with van der Waals surface area (Å²) in [6, 6.07) is 7.65. The van der Waals surface area contributed by atoms with Crippen LogP contribution in [0.15, 0.2) is 24.3 Å². The van der Waals surface area contributed by atoms with Gasteiger partial charge in [0.15, 0.2) is 11.5 Å². The summed E-state index contributed by atoms with van der Waals surface area (Å²) in [7, 11) is 5.37. The van der Waals surface area contributed by atoms with Gasteiger partial charge in [-0.15, -0.1) is 12.4 Å². The van der Waals surface area contributed by atoms with Gasteiger partial charge in [-0.3, -0.25) is 0 Å². The molecule has 0 amide bonds. The highest BCUT2D eigenvalue weighted by molar-refractivity contribution is 5.85. The Bertz CT molecular complexity index is 854. The van der Waals surface area contributed by atoms with E-state index in [-0.39, 0.29) is 29.9 Å². The molecule has 2 atom stereocenters. The van der Waals surface area contributed by atoms with Gasteiger partial charge in [0.2, 0.25) is 0 Å². The van der Waals surface area contributed by atoms with Gasteiger partial charge in [0.25, 0.3) is 0 Å². The molecule has 1 unspecified atom stereocenters. The van der Waals surface area contributed by atoms with E-state index in [1.54, 1.807) is 20.3 Å². The Morgan fingerprint density at radius 1 is 1.04 bits per heavy atom. The molecule has 0 aromatic heterocycles. The van der Waals surface area contributed by atoms with Gasteiger partial charge < -0.3 is 24.2 Å². The number of methoxy groups -OCH3 is 2. The van der Waals surface area contributed by atoms with E-state index in [1.165, 1.54) is 11.1 Å². The second-order valence-corrected chi connectivity index (χ2v) is 7.33. The van der Waals surface area contributed by atoms with Crippen LogP contribution in [0.4, 0.5) is 0 Å². The number of benzene rings is 2. The first-order chi connectivity index (χ1) is 11.9. The highest BCUT2D eigenvalue weighted by Gasteiger charge is 2.43. The van der Waals surface area contributed by atoms with Crippen LogP contribution in [0.3, 0.4) is 0 Å². The zero-order valence-corrected chi connectivity index (χ0v) is 16.1. The smallest absolute Gasteiger partial charge is 0.160 e. The fraction of sp³-hybridized carbons (Fsp3) is 0.400. The van der Waals surface area contributed by atoms with Crippen molar-refractivity contribution >= 4 is 12.4 Å². The molecule has 1 N–H and O–H groups in total. The molecule has 2 aromatic rings. The quantitative estimate of drug-likeness (QED) is 0.817. The van der Waals surface area contributed by atoms with Crippen LogP contribution in [0.5, 0.6) is 23.0 Å².